The van der Waals surface area contributed by atoms with Crippen molar-refractivity contribution in [1.82, 2.24) is 0 Å². The zero-order valence-electron chi connectivity index (χ0n) is 23.6. The topological polar surface area (TPSA) is 151 Å². The molecule has 0 aromatic heterocycles. The quantitative estimate of drug-likeness (QED) is 0.126. The van der Waals surface area contributed by atoms with Gasteiger partial charge in [0.05, 0.1) is 18.0 Å². The van der Waals surface area contributed by atoms with Crippen molar-refractivity contribution in [3.63, 3.8) is 0 Å². The minimum absolute atomic E-state index is 0.00801. The molecule has 0 fully saturated rings. The highest BCUT2D eigenvalue weighted by Crippen LogP contribution is 2.36. The van der Waals surface area contributed by atoms with Gasteiger partial charge in [-0.2, -0.15) is 0 Å². The van der Waals surface area contributed by atoms with E-state index >= 15 is 0 Å². The number of fused-ring (bicyclic) bond motifs is 1. The largest absolute Gasteiger partial charge is 0.491 e. The molecule has 1 aliphatic rings. The van der Waals surface area contributed by atoms with Crippen LogP contribution < -0.4 is 35.3 Å². The zero-order chi connectivity index (χ0) is 30.7. The lowest BCUT2D eigenvalue weighted by Gasteiger charge is -2.27. The molecule has 4 aromatic rings. The van der Waals surface area contributed by atoms with Crippen LogP contribution in [0.15, 0.2) is 109 Å². The summed E-state index contributed by atoms with van der Waals surface area (Å²) in [5, 5.41) is 14.8. The summed E-state index contributed by atoms with van der Waals surface area (Å²) >= 11 is 0. The number of nitrogens with one attached hydrogen (secondary N) is 2. The average Bonchev–Trinajstić information content (AvgIpc) is 3.51. The maximum atomic E-state index is 13.3. The van der Waals surface area contributed by atoms with Crippen LogP contribution in [0.4, 0.5) is 21.9 Å². The molecule has 1 aliphatic heterocycles. The molecule has 5 rings (SSSR count). The Kier molecular flexibility index (Phi) is 9.80. The SMILES string of the molecule is Nc1ccccc1NC(=O)/C=C/[C@@H](Oc1ccccc1)[C@H](OC(=O)Nc1ccc2c(c1)OCO2)c1ccccc1OCCO. The summed E-state index contributed by atoms with van der Waals surface area (Å²) in [5.74, 6) is 1.40. The third-order valence-corrected chi connectivity index (χ3v) is 6.40. The molecular formula is C33H31N3O8. The minimum Gasteiger partial charge on any atom is -0.491 e. The highest BCUT2D eigenvalue weighted by atomic mass is 16.7. The molecule has 0 saturated carbocycles. The van der Waals surface area contributed by atoms with E-state index in [0.29, 0.717) is 45.6 Å². The average molecular weight is 598 g/mol. The van der Waals surface area contributed by atoms with E-state index in [1.165, 1.54) is 12.2 Å². The van der Waals surface area contributed by atoms with E-state index in [1.807, 2.05) is 6.07 Å². The molecule has 4 aromatic carbocycles. The van der Waals surface area contributed by atoms with Gasteiger partial charge in [0.2, 0.25) is 12.7 Å². The molecule has 2 atom stereocenters. The first-order valence-electron chi connectivity index (χ1n) is 13.8. The van der Waals surface area contributed by atoms with E-state index in [4.69, 9.17) is 29.4 Å². The number of anilines is 3. The van der Waals surface area contributed by atoms with Crippen molar-refractivity contribution >= 4 is 29.1 Å². The Hall–Kier alpha value is -5.68. The van der Waals surface area contributed by atoms with Crippen molar-refractivity contribution in [2.75, 3.05) is 36.4 Å². The van der Waals surface area contributed by atoms with Gasteiger partial charge in [-0.05, 0) is 48.5 Å². The summed E-state index contributed by atoms with van der Waals surface area (Å²) in [6.45, 7) is -0.129. The lowest BCUT2D eigenvalue weighted by Crippen LogP contribution is -2.30. The third kappa shape index (κ3) is 7.78. The number of amides is 2. The fourth-order valence-corrected chi connectivity index (χ4v) is 4.37. The van der Waals surface area contributed by atoms with Gasteiger partial charge in [0.15, 0.2) is 23.7 Å². The Balaban J connectivity index is 1.46. The first kappa shape index (κ1) is 29.8. The number of nitrogen functional groups attached to an aromatic ring is 1. The van der Waals surface area contributed by atoms with E-state index in [9.17, 15) is 14.7 Å². The van der Waals surface area contributed by atoms with Gasteiger partial charge in [0.25, 0.3) is 0 Å². The number of hydrogen-bond acceptors (Lipinski definition) is 9. The van der Waals surface area contributed by atoms with Crippen LogP contribution in [0.25, 0.3) is 0 Å². The first-order chi connectivity index (χ1) is 21.5. The van der Waals surface area contributed by atoms with Crippen molar-refractivity contribution < 1.29 is 38.4 Å². The van der Waals surface area contributed by atoms with Gasteiger partial charge in [-0.25, -0.2) is 4.79 Å². The monoisotopic (exact) mass is 597 g/mol. The summed E-state index contributed by atoms with van der Waals surface area (Å²) in [6.07, 6.45) is -0.170. The van der Waals surface area contributed by atoms with Crippen LogP contribution in [0, 0.1) is 0 Å². The predicted octanol–water partition coefficient (Wildman–Crippen LogP) is 5.30. The van der Waals surface area contributed by atoms with Gasteiger partial charge < -0.3 is 39.8 Å². The number of carbonyl (C=O) groups excluding carboxylic acids is 2. The molecule has 226 valence electrons. The zero-order valence-corrected chi connectivity index (χ0v) is 23.6. The van der Waals surface area contributed by atoms with Crippen molar-refractivity contribution in [2.24, 2.45) is 0 Å². The Morgan fingerprint density at radius 3 is 2.48 bits per heavy atom. The predicted molar refractivity (Wildman–Crippen MR) is 164 cm³/mol. The summed E-state index contributed by atoms with van der Waals surface area (Å²) < 4.78 is 28.8. The fraction of sp³-hybridized carbons (Fsp3) is 0.152. The van der Waals surface area contributed by atoms with E-state index in [0.717, 1.165) is 0 Å². The summed E-state index contributed by atoms with van der Waals surface area (Å²) in [4.78, 5) is 26.3. The summed E-state index contributed by atoms with van der Waals surface area (Å²) in [6, 6.07) is 27.6. The van der Waals surface area contributed by atoms with E-state index in [2.05, 4.69) is 10.6 Å². The first-order valence-corrected chi connectivity index (χ1v) is 13.8. The number of rotatable bonds is 12. The molecule has 11 heteroatoms. The van der Waals surface area contributed by atoms with Gasteiger partial charge in [-0.3, -0.25) is 10.1 Å². The van der Waals surface area contributed by atoms with Crippen LogP contribution in [-0.4, -0.2) is 43.2 Å². The highest BCUT2D eigenvalue weighted by molar-refractivity contribution is 6.01. The summed E-state index contributed by atoms with van der Waals surface area (Å²) in [5.41, 5.74) is 7.69. The third-order valence-electron chi connectivity index (χ3n) is 6.40. The number of aliphatic hydroxyl groups is 1. The van der Waals surface area contributed by atoms with Crippen LogP contribution in [0.1, 0.15) is 11.7 Å². The smallest absolute Gasteiger partial charge is 0.412 e. The maximum Gasteiger partial charge on any atom is 0.412 e. The lowest BCUT2D eigenvalue weighted by molar-refractivity contribution is -0.112. The molecule has 0 saturated heterocycles. The van der Waals surface area contributed by atoms with Crippen molar-refractivity contribution in [1.29, 1.82) is 0 Å². The van der Waals surface area contributed by atoms with Crippen LogP contribution >= 0.6 is 0 Å². The minimum atomic E-state index is -1.12. The molecule has 11 nitrogen and oxygen atoms in total. The summed E-state index contributed by atoms with van der Waals surface area (Å²) in [7, 11) is 0. The van der Waals surface area contributed by atoms with E-state index in [-0.39, 0.29) is 20.0 Å². The second kappa shape index (κ2) is 14.5. The number of para-hydroxylation sites is 4. The normalized spacial score (nSPS) is 13.1. The Morgan fingerprint density at radius 1 is 0.909 bits per heavy atom. The van der Waals surface area contributed by atoms with Crippen LogP contribution in [-0.2, 0) is 9.53 Å². The van der Waals surface area contributed by atoms with Gasteiger partial charge in [0.1, 0.15) is 18.1 Å². The van der Waals surface area contributed by atoms with E-state index in [1.54, 1.807) is 91.0 Å². The molecule has 2 amide bonds. The molecule has 0 radical (unpaired) electrons. The highest BCUT2D eigenvalue weighted by Gasteiger charge is 2.31. The van der Waals surface area contributed by atoms with Gasteiger partial charge >= 0.3 is 6.09 Å². The maximum absolute atomic E-state index is 13.3. The number of ether oxygens (including phenoxy) is 5. The molecular weight excluding hydrogens is 566 g/mol. The van der Waals surface area contributed by atoms with Crippen molar-refractivity contribution in [2.45, 2.75) is 12.2 Å². The number of aliphatic hydroxyl groups excluding tert-OH is 1. The number of nitrogens with two attached hydrogens (primary N) is 1. The molecule has 1 heterocycles. The standard InChI is InChI=1S/C33H31N3O8/c34-25-11-5-6-12-26(25)36-31(38)17-16-29(43-23-8-2-1-3-9-23)32(24-10-4-7-13-27(24)40-19-18-37)44-33(39)35-22-14-15-28-30(20-22)42-21-41-28/h1-17,20,29,32,37H,18-19,21,34H2,(H,35,39)(H,36,38)/b17-16+/t29-,32-/m1/s1. The molecule has 0 spiro atoms. The second-order valence-corrected chi connectivity index (χ2v) is 9.46. The molecule has 0 unspecified atom stereocenters. The van der Waals surface area contributed by atoms with Crippen LogP contribution in [0.2, 0.25) is 0 Å². The lowest BCUT2D eigenvalue weighted by atomic mass is 10.0. The van der Waals surface area contributed by atoms with Crippen LogP contribution in [0.3, 0.4) is 0 Å². The molecule has 5 N–H and O–H groups in total. The Labute approximate surface area is 253 Å². The van der Waals surface area contributed by atoms with Crippen molar-refractivity contribution in [3.8, 4) is 23.0 Å². The second-order valence-electron chi connectivity index (χ2n) is 9.46. The molecule has 44 heavy (non-hydrogen) atoms. The number of hydrogen-bond donors (Lipinski definition) is 4. The van der Waals surface area contributed by atoms with E-state index < -0.39 is 24.2 Å². The van der Waals surface area contributed by atoms with Gasteiger partial charge in [-0.1, -0.05) is 48.5 Å². The molecule has 0 aliphatic carbocycles. The number of carbonyl (C=O) groups is 2. The fourth-order valence-electron chi connectivity index (χ4n) is 4.37. The Morgan fingerprint density at radius 2 is 1.66 bits per heavy atom. The Bertz CT molecular complexity index is 1610. The van der Waals surface area contributed by atoms with Gasteiger partial charge in [0, 0.05) is 23.4 Å². The molecule has 0 bridgehead atoms. The van der Waals surface area contributed by atoms with Crippen molar-refractivity contribution in [3.05, 3.63) is 115 Å². The van der Waals surface area contributed by atoms with Gasteiger partial charge in [-0.15, -0.1) is 0 Å². The van der Waals surface area contributed by atoms with Crippen LogP contribution in [0.5, 0.6) is 23.0 Å². The number of benzene rings is 4.